The van der Waals surface area contributed by atoms with Crippen LogP contribution in [0.4, 0.5) is 10.7 Å². The molecule has 10 heteroatoms. The second-order valence-electron chi connectivity index (χ2n) is 7.81. The van der Waals surface area contributed by atoms with Crippen LogP contribution in [0.1, 0.15) is 40.5 Å². The maximum Gasteiger partial charge on any atom is 0.407 e. The van der Waals surface area contributed by atoms with Gasteiger partial charge in [0.15, 0.2) is 10.8 Å². The number of piperidine rings is 1. The third-order valence-corrected chi connectivity index (χ3v) is 4.78. The number of alkyl carbamates (subject to hydrolysis) is 1. The van der Waals surface area contributed by atoms with Crippen molar-refractivity contribution in [3.8, 4) is 11.8 Å². The van der Waals surface area contributed by atoms with Crippen molar-refractivity contribution in [2.45, 2.75) is 58.7 Å². The molecule has 29 heavy (non-hydrogen) atoms. The molecule has 1 aliphatic rings. The second-order valence-corrected chi connectivity index (χ2v) is 8.51. The molecule has 0 aliphatic carbocycles. The Morgan fingerprint density at radius 2 is 2.07 bits per heavy atom. The lowest BCUT2D eigenvalue weighted by Crippen LogP contribution is -2.49. The van der Waals surface area contributed by atoms with Gasteiger partial charge in [-0.3, -0.25) is 4.57 Å². The van der Waals surface area contributed by atoms with Crippen molar-refractivity contribution in [3.05, 3.63) is 10.4 Å². The summed E-state index contributed by atoms with van der Waals surface area (Å²) in [4.78, 5) is 27.1. The minimum absolute atomic E-state index is 0.0448. The highest BCUT2D eigenvalue weighted by Gasteiger charge is 2.28. The predicted molar refractivity (Wildman–Crippen MR) is 113 cm³/mol. The third-order valence-electron chi connectivity index (χ3n) is 4.35. The molecule has 0 aromatic carbocycles. The second kappa shape index (κ2) is 8.64. The first-order chi connectivity index (χ1) is 13.7. The number of hydrogen-bond donors (Lipinski definition) is 1. The van der Waals surface area contributed by atoms with E-state index in [2.05, 4.69) is 37.0 Å². The summed E-state index contributed by atoms with van der Waals surface area (Å²) in [7, 11) is 0. The number of hydrogen-bond acceptors (Lipinski definition) is 6. The first-order valence-electron chi connectivity index (χ1n) is 9.41. The summed E-state index contributed by atoms with van der Waals surface area (Å²) in [6.45, 7) is 9.06. The summed E-state index contributed by atoms with van der Waals surface area (Å²) in [5.74, 6) is 6.61. The third kappa shape index (κ3) is 5.22. The van der Waals surface area contributed by atoms with E-state index in [-0.39, 0.29) is 16.5 Å². The van der Waals surface area contributed by atoms with E-state index in [4.69, 9.17) is 27.9 Å². The molecule has 1 N–H and O–H groups in total. The number of carbonyl (C=O) groups excluding carboxylic acids is 1. The fourth-order valence-electron chi connectivity index (χ4n) is 3.26. The number of rotatable bonds is 3. The van der Waals surface area contributed by atoms with Gasteiger partial charge in [0.2, 0.25) is 11.2 Å². The van der Waals surface area contributed by atoms with Crippen LogP contribution in [0.2, 0.25) is 10.4 Å². The van der Waals surface area contributed by atoms with Gasteiger partial charge in [0, 0.05) is 19.1 Å². The Kier molecular flexibility index (Phi) is 6.39. The van der Waals surface area contributed by atoms with Crippen LogP contribution in [-0.2, 0) is 11.3 Å². The molecule has 2 aromatic rings. The largest absolute Gasteiger partial charge is 0.444 e. The van der Waals surface area contributed by atoms with Gasteiger partial charge in [-0.25, -0.2) is 9.78 Å². The molecule has 156 valence electrons. The minimum atomic E-state index is -0.542. The molecule has 8 nitrogen and oxygen atoms in total. The average molecular weight is 439 g/mol. The first-order valence-corrected chi connectivity index (χ1v) is 10.2. The first kappa shape index (κ1) is 21.5. The molecular formula is C19H24Cl2N6O2. The summed E-state index contributed by atoms with van der Waals surface area (Å²) >= 11 is 12.3. The van der Waals surface area contributed by atoms with Crippen LogP contribution in [0.15, 0.2) is 0 Å². The maximum absolute atomic E-state index is 12.2. The van der Waals surface area contributed by atoms with Crippen LogP contribution in [-0.4, -0.2) is 50.3 Å². The Hall–Kier alpha value is -2.24. The van der Waals surface area contributed by atoms with Crippen molar-refractivity contribution in [1.29, 1.82) is 0 Å². The zero-order valence-electron chi connectivity index (χ0n) is 16.9. The maximum atomic E-state index is 12.2. The van der Waals surface area contributed by atoms with E-state index in [1.54, 1.807) is 6.92 Å². The highest BCUT2D eigenvalue weighted by atomic mass is 35.5. The molecule has 3 rings (SSSR count). The molecule has 3 heterocycles. The lowest BCUT2D eigenvalue weighted by molar-refractivity contribution is 0.0500. The van der Waals surface area contributed by atoms with E-state index in [1.165, 1.54) is 0 Å². The summed E-state index contributed by atoms with van der Waals surface area (Å²) in [5.41, 5.74) is 0.473. The number of aromatic nitrogens is 4. The van der Waals surface area contributed by atoms with Gasteiger partial charge in [-0.15, -0.1) is 5.92 Å². The summed E-state index contributed by atoms with van der Waals surface area (Å²) < 4.78 is 7.27. The Labute approximate surface area is 179 Å². The SMILES string of the molecule is CC#CCn1c(N2CCCC(NC(=O)OC(C)(C)C)C2)nc2nc(Cl)nc(Cl)c21. The minimum Gasteiger partial charge on any atom is -0.444 e. The van der Waals surface area contributed by atoms with Gasteiger partial charge in [-0.1, -0.05) is 17.5 Å². The standard InChI is InChI=1S/C19H24Cl2N6O2/c1-5-6-10-27-13-14(20)23-16(21)24-15(13)25-17(27)26-9-7-8-12(11-26)22-18(28)29-19(2,3)4/h12H,7-11H2,1-4H3,(H,22,28). The smallest absolute Gasteiger partial charge is 0.407 e. The highest BCUT2D eigenvalue weighted by Crippen LogP contribution is 2.29. The molecule has 0 saturated carbocycles. The van der Waals surface area contributed by atoms with E-state index >= 15 is 0 Å². The molecule has 0 spiro atoms. The van der Waals surface area contributed by atoms with Gasteiger partial charge in [-0.05, 0) is 52.1 Å². The van der Waals surface area contributed by atoms with E-state index < -0.39 is 11.7 Å². The molecule has 0 bridgehead atoms. The molecule has 1 saturated heterocycles. The van der Waals surface area contributed by atoms with Crippen molar-refractivity contribution in [2.24, 2.45) is 0 Å². The van der Waals surface area contributed by atoms with Crippen LogP contribution in [0.25, 0.3) is 11.2 Å². The molecule has 1 atom stereocenters. The number of imidazole rings is 1. The number of anilines is 1. The number of ether oxygens (including phenoxy) is 1. The van der Waals surface area contributed by atoms with Crippen molar-refractivity contribution in [1.82, 2.24) is 24.8 Å². The summed E-state index contributed by atoms with van der Waals surface area (Å²) in [6.07, 6.45) is 1.33. The Morgan fingerprint density at radius 3 is 2.76 bits per heavy atom. The fraction of sp³-hybridized carbons (Fsp3) is 0.579. The predicted octanol–water partition coefficient (Wildman–Crippen LogP) is 3.65. The zero-order valence-corrected chi connectivity index (χ0v) is 18.4. The molecule has 2 aromatic heterocycles. The lowest BCUT2D eigenvalue weighted by Gasteiger charge is -2.34. The van der Waals surface area contributed by atoms with E-state index in [0.29, 0.717) is 30.2 Å². The van der Waals surface area contributed by atoms with Crippen LogP contribution in [0.5, 0.6) is 0 Å². The van der Waals surface area contributed by atoms with Crippen molar-refractivity contribution < 1.29 is 9.53 Å². The molecule has 1 amide bonds. The molecule has 1 aliphatic heterocycles. The molecule has 1 fully saturated rings. The number of fused-ring (bicyclic) bond motifs is 1. The van der Waals surface area contributed by atoms with Crippen LogP contribution in [0.3, 0.4) is 0 Å². The average Bonchev–Trinajstić information content (AvgIpc) is 2.97. The van der Waals surface area contributed by atoms with Gasteiger partial charge in [-0.2, -0.15) is 9.97 Å². The molecule has 1 unspecified atom stereocenters. The van der Waals surface area contributed by atoms with Crippen LogP contribution >= 0.6 is 23.2 Å². The topological polar surface area (TPSA) is 85.2 Å². The normalized spacial score (nSPS) is 17.0. The number of halogens is 2. The van der Waals surface area contributed by atoms with Crippen molar-refractivity contribution in [3.63, 3.8) is 0 Å². The van der Waals surface area contributed by atoms with Gasteiger partial charge in [0.1, 0.15) is 11.1 Å². The van der Waals surface area contributed by atoms with Crippen LogP contribution < -0.4 is 10.2 Å². The van der Waals surface area contributed by atoms with E-state index in [0.717, 1.165) is 19.4 Å². The fourth-order valence-corrected chi connectivity index (χ4v) is 3.73. The van der Waals surface area contributed by atoms with E-state index in [1.807, 2.05) is 25.3 Å². The van der Waals surface area contributed by atoms with Gasteiger partial charge >= 0.3 is 6.09 Å². The Bertz CT molecular complexity index is 973. The quantitative estimate of drug-likeness (QED) is 0.447. The molecule has 0 radical (unpaired) electrons. The number of carbonyl (C=O) groups is 1. The number of nitrogens with zero attached hydrogens (tertiary/aromatic N) is 5. The monoisotopic (exact) mass is 438 g/mol. The van der Waals surface area contributed by atoms with Gasteiger partial charge in [0.25, 0.3) is 0 Å². The highest BCUT2D eigenvalue weighted by molar-refractivity contribution is 6.35. The number of nitrogens with one attached hydrogen (secondary N) is 1. The van der Waals surface area contributed by atoms with Crippen LogP contribution in [0, 0.1) is 11.8 Å². The molecular weight excluding hydrogens is 415 g/mol. The van der Waals surface area contributed by atoms with Gasteiger partial charge in [0.05, 0.1) is 6.54 Å². The summed E-state index contributed by atoms with van der Waals surface area (Å²) in [6, 6.07) is -0.0609. The summed E-state index contributed by atoms with van der Waals surface area (Å²) in [5, 5.41) is 3.23. The Balaban J connectivity index is 1.87. The zero-order chi connectivity index (χ0) is 21.2. The van der Waals surface area contributed by atoms with Crippen molar-refractivity contribution in [2.75, 3.05) is 18.0 Å². The Morgan fingerprint density at radius 1 is 1.31 bits per heavy atom. The van der Waals surface area contributed by atoms with E-state index in [9.17, 15) is 4.79 Å². The van der Waals surface area contributed by atoms with Gasteiger partial charge < -0.3 is 15.0 Å². The van der Waals surface area contributed by atoms with Crippen molar-refractivity contribution >= 4 is 46.4 Å². The number of amides is 1. The lowest BCUT2D eigenvalue weighted by atomic mass is 10.1.